The molecule has 162 valence electrons. The van der Waals surface area contributed by atoms with E-state index in [-0.39, 0.29) is 5.41 Å². The molecule has 0 saturated heterocycles. The molecule has 1 aliphatic rings. The largest absolute Gasteiger partial charge is 0.221 e. The highest BCUT2D eigenvalue weighted by atomic mass is 14.9. The summed E-state index contributed by atoms with van der Waals surface area (Å²) < 4.78 is 2.32. The molecule has 0 bridgehead atoms. The molecule has 1 heterocycles. The minimum atomic E-state index is 0.104. The average Bonchev–Trinajstić information content (AvgIpc) is 2.84. The van der Waals surface area contributed by atoms with Gasteiger partial charge in [-0.2, -0.15) is 0 Å². The molecule has 0 unspecified atom stereocenters. The number of benzene rings is 3. The Kier molecular flexibility index (Phi) is 4.78. The van der Waals surface area contributed by atoms with Crippen molar-refractivity contribution < 1.29 is 4.57 Å². The van der Waals surface area contributed by atoms with E-state index < -0.39 is 0 Å². The molecule has 3 aromatic carbocycles. The molecular weight excluding hydrogens is 386 g/mol. The summed E-state index contributed by atoms with van der Waals surface area (Å²) in [6.07, 6.45) is 3.33. The highest BCUT2D eigenvalue weighted by Gasteiger charge is 2.30. The third-order valence-electron chi connectivity index (χ3n) is 6.89. The molecule has 32 heavy (non-hydrogen) atoms. The Morgan fingerprint density at radius 2 is 1.53 bits per heavy atom. The zero-order chi connectivity index (χ0) is 22.8. The summed E-state index contributed by atoms with van der Waals surface area (Å²) in [5, 5.41) is 2.72. The quantitative estimate of drug-likeness (QED) is 0.257. The third kappa shape index (κ3) is 3.26. The minimum absolute atomic E-state index is 0.104. The lowest BCUT2D eigenvalue weighted by atomic mass is 9.81. The van der Waals surface area contributed by atoms with E-state index in [1.54, 1.807) is 0 Å². The molecule has 0 amide bonds. The van der Waals surface area contributed by atoms with Gasteiger partial charge in [0, 0.05) is 6.07 Å². The van der Waals surface area contributed by atoms with Crippen LogP contribution in [0.2, 0.25) is 0 Å². The van der Waals surface area contributed by atoms with Gasteiger partial charge in [0.15, 0.2) is 6.20 Å². The maximum atomic E-state index is 2.45. The predicted octanol–water partition coefficient (Wildman–Crippen LogP) is 7.78. The highest BCUT2D eigenvalue weighted by molar-refractivity contribution is 6.12. The van der Waals surface area contributed by atoms with Gasteiger partial charge >= 0.3 is 0 Å². The van der Waals surface area contributed by atoms with Crippen LogP contribution in [-0.2, 0) is 18.9 Å². The van der Waals surface area contributed by atoms with Gasteiger partial charge in [0.05, 0.1) is 10.9 Å². The first-order chi connectivity index (χ1) is 15.1. The Hall–Kier alpha value is -2.93. The highest BCUT2D eigenvalue weighted by Crippen LogP contribution is 2.48. The lowest BCUT2D eigenvalue weighted by Crippen LogP contribution is -2.31. The summed E-state index contributed by atoms with van der Waals surface area (Å²) in [7, 11) is 2.19. The first kappa shape index (κ1) is 20.9. The van der Waals surface area contributed by atoms with Gasteiger partial charge in [0.2, 0.25) is 5.69 Å². The lowest BCUT2D eigenvalue weighted by Gasteiger charge is -2.23. The van der Waals surface area contributed by atoms with Crippen molar-refractivity contribution in [1.29, 1.82) is 0 Å². The van der Waals surface area contributed by atoms with E-state index in [9.17, 15) is 0 Å². The number of fused-ring (bicyclic) bond motifs is 5. The predicted molar refractivity (Wildman–Crippen MR) is 137 cm³/mol. The van der Waals surface area contributed by atoms with Gasteiger partial charge in [-0.05, 0) is 75.1 Å². The Bertz CT molecular complexity index is 1370. The zero-order valence-electron chi connectivity index (χ0n) is 20.5. The molecule has 5 rings (SSSR count). The van der Waals surface area contributed by atoms with Crippen molar-refractivity contribution in [1.82, 2.24) is 0 Å². The summed E-state index contributed by atoms with van der Waals surface area (Å²) in [6.45, 7) is 13.8. The molecule has 0 radical (unpaired) electrons. The zero-order valence-corrected chi connectivity index (χ0v) is 20.5. The Morgan fingerprint density at radius 1 is 0.844 bits per heavy atom. The Morgan fingerprint density at radius 3 is 2.19 bits per heavy atom. The van der Waals surface area contributed by atoms with Crippen LogP contribution in [0, 0.1) is 12.8 Å². The fraction of sp³-hybridized carbons (Fsp3) is 0.323. The molecule has 4 aromatic rings. The number of aromatic nitrogens is 1. The summed E-state index contributed by atoms with van der Waals surface area (Å²) in [4.78, 5) is 0. The summed E-state index contributed by atoms with van der Waals surface area (Å²) in [5.41, 5.74) is 12.4. The maximum Gasteiger partial charge on any atom is 0.221 e. The van der Waals surface area contributed by atoms with Gasteiger partial charge in [-0.15, -0.1) is 0 Å². The maximum absolute atomic E-state index is 2.45. The van der Waals surface area contributed by atoms with E-state index in [0.29, 0.717) is 5.92 Å². The van der Waals surface area contributed by atoms with Gasteiger partial charge in [0.25, 0.3) is 0 Å². The van der Waals surface area contributed by atoms with Crippen LogP contribution >= 0.6 is 0 Å². The summed E-state index contributed by atoms with van der Waals surface area (Å²) >= 11 is 0. The number of aryl methyl sites for hydroxylation is 2. The van der Waals surface area contributed by atoms with E-state index >= 15 is 0 Å². The van der Waals surface area contributed by atoms with Gasteiger partial charge in [-0.1, -0.05) is 77.1 Å². The van der Waals surface area contributed by atoms with Crippen molar-refractivity contribution in [2.24, 2.45) is 13.0 Å². The van der Waals surface area contributed by atoms with Crippen LogP contribution in [0.4, 0.5) is 0 Å². The number of nitrogens with zero attached hydrogens (tertiary/aromatic N) is 1. The second-order valence-corrected chi connectivity index (χ2v) is 11.0. The van der Waals surface area contributed by atoms with E-state index in [0.717, 1.165) is 6.42 Å². The smallest absolute Gasteiger partial charge is 0.200 e. The molecule has 1 nitrogen and oxygen atoms in total. The first-order valence-corrected chi connectivity index (χ1v) is 11.9. The van der Waals surface area contributed by atoms with Crippen molar-refractivity contribution in [3.05, 3.63) is 77.5 Å². The summed E-state index contributed by atoms with van der Waals surface area (Å²) in [5.74, 6) is 0.633. The van der Waals surface area contributed by atoms with Crippen molar-refractivity contribution in [2.45, 2.75) is 53.4 Å². The van der Waals surface area contributed by atoms with E-state index in [4.69, 9.17) is 0 Å². The van der Waals surface area contributed by atoms with Crippen molar-refractivity contribution >= 4 is 10.8 Å². The molecule has 1 aliphatic carbocycles. The minimum Gasteiger partial charge on any atom is -0.200 e. The fourth-order valence-electron chi connectivity index (χ4n) is 5.37. The van der Waals surface area contributed by atoms with Crippen LogP contribution in [-0.4, -0.2) is 0 Å². The second-order valence-electron chi connectivity index (χ2n) is 11.0. The number of hydrogen-bond acceptors (Lipinski definition) is 0. The molecule has 1 heteroatoms. The molecule has 0 spiro atoms. The van der Waals surface area contributed by atoms with Crippen LogP contribution in [0.1, 0.15) is 51.3 Å². The second kappa shape index (κ2) is 7.30. The van der Waals surface area contributed by atoms with Crippen molar-refractivity contribution in [3.8, 4) is 33.5 Å². The van der Waals surface area contributed by atoms with Crippen LogP contribution in [0.15, 0.2) is 60.8 Å². The summed E-state index contributed by atoms with van der Waals surface area (Å²) in [6, 6.07) is 21.0. The molecule has 1 aromatic heterocycles. The third-order valence-corrected chi connectivity index (χ3v) is 6.89. The Labute approximate surface area is 192 Å². The Balaban J connectivity index is 1.98. The van der Waals surface area contributed by atoms with Crippen LogP contribution in [0.5, 0.6) is 0 Å². The van der Waals surface area contributed by atoms with Gasteiger partial charge in [-0.3, -0.25) is 0 Å². The molecule has 0 atom stereocenters. The van der Waals surface area contributed by atoms with E-state index in [1.165, 1.54) is 61.0 Å². The monoisotopic (exact) mass is 420 g/mol. The SMILES string of the molecule is Cc1cc(C(C)(C)C)cc2c1-c1c3c(cc(CC(C)C)cc3cc[n+]1C)-c1ccccc1-2. The molecule has 0 aliphatic heterocycles. The molecule has 0 fully saturated rings. The lowest BCUT2D eigenvalue weighted by molar-refractivity contribution is -0.659. The fourth-order valence-corrected chi connectivity index (χ4v) is 5.37. The number of pyridine rings is 1. The van der Waals surface area contributed by atoms with Crippen molar-refractivity contribution in [2.75, 3.05) is 0 Å². The topological polar surface area (TPSA) is 3.88 Å². The molecule has 0 N–H and O–H groups in total. The van der Waals surface area contributed by atoms with Gasteiger partial charge in [-0.25, -0.2) is 4.57 Å². The van der Waals surface area contributed by atoms with Crippen LogP contribution in [0.3, 0.4) is 0 Å². The van der Waals surface area contributed by atoms with E-state index in [2.05, 4.69) is 114 Å². The molecule has 0 saturated carbocycles. The number of rotatable bonds is 2. The van der Waals surface area contributed by atoms with Crippen molar-refractivity contribution in [3.63, 3.8) is 0 Å². The van der Waals surface area contributed by atoms with E-state index in [1.807, 2.05) is 0 Å². The van der Waals surface area contributed by atoms with Gasteiger partial charge < -0.3 is 0 Å². The van der Waals surface area contributed by atoms with Crippen LogP contribution in [0.25, 0.3) is 44.3 Å². The molecular formula is C31H34N+. The first-order valence-electron chi connectivity index (χ1n) is 11.9. The average molecular weight is 421 g/mol. The van der Waals surface area contributed by atoms with Gasteiger partial charge in [0.1, 0.15) is 7.05 Å². The number of hydrogen-bond donors (Lipinski definition) is 0. The normalized spacial score (nSPS) is 12.6. The van der Waals surface area contributed by atoms with Crippen LogP contribution < -0.4 is 4.57 Å². The standard InChI is InChI=1S/C31H34N/c1-19(2)14-21-16-22-12-13-32(7)30-28-20(3)15-23(31(4,5)6)18-27(28)25-11-9-8-10-24(25)26(17-21)29(22)30/h8-13,15-19H,14H2,1-7H3/q+1.